The van der Waals surface area contributed by atoms with Crippen molar-refractivity contribution in [1.82, 2.24) is 0 Å². The largest absolute Gasteiger partial charge is 0.462 e. The normalized spacial score (nSPS) is 11.9. The van der Waals surface area contributed by atoms with Gasteiger partial charge in [0, 0.05) is 5.69 Å². The Kier molecular flexibility index (Phi) is 4.94. The van der Waals surface area contributed by atoms with Gasteiger partial charge in [-0.25, -0.2) is 9.00 Å². The first-order valence-corrected chi connectivity index (χ1v) is 5.99. The molecule has 1 aromatic carbocycles. The Morgan fingerprint density at radius 3 is 2.56 bits per heavy atom. The number of carbonyl (C=O) groups excluding carboxylic acids is 1. The zero-order valence-electron chi connectivity index (χ0n) is 8.80. The van der Waals surface area contributed by atoms with Gasteiger partial charge in [-0.15, -0.1) is 0 Å². The fourth-order valence-electron chi connectivity index (χ4n) is 1.08. The van der Waals surface area contributed by atoms with Gasteiger partial charge in [0.2, 0.25) is 0 Å². The van der Waals surface area contributed by atoms with E-state index < -0.39 is 11.1 Å². The molecule has 0 radical (unpaired) electrons. The lowest BCUT2D eigenvalue weighted by molar-refractivity contribution is 0.0526. The molecule has 1 atom stereocenters. The fourth-order valence-corrected chi connectivity index (χ4v) is 1.37. The van der Waals surface area contributed by atoms with Gasteiger partial charge in [0.25, 0.3) is 0 Å². The molecule has 0 aliphatic heterocycles. The van der Waals surface area contributed by atoms with Gasteiger partial charge in [-0.2, -0.15) is 0 Å². The summed E-state index contributed by atoms with van der Waals surface area (Å²) < 4.78 is 23.8. The standard InChI is InChI=1S/C10H13NO4S/c1-2-15-10(12)8-3-5-9(6-4-8)11-7-16(13)14/h3-6,11H,2,7H2,1H3,(H,13,14). The molecule has 0 aliphatic carbocycles. The summed E-state index contributed by atoms with van der Waals surface area (Å²) in [7, 11) is 0. The molecular formula is C10H13NO4S. The molecule has 0 spiro atoms. The second-order valence-corrected chi connectivity index (χ2v) is 3.87. The lowest BCUT2D eigenvalue weighted by Crippen LogP contribution is -2.08. The molecule has 1 aromatic rings. The van der Waals surface area contributed by atoms with Gasteiger partial charge in [-0.05, 0) is 31.2 Å². The number of hydrogen-bond acceptors (Lipinski definition) is 4. The van der Waals surface area contributed by atoms with Crippen LogP contribution in [0.3, 0.4) is 0 Å². The SMILES string of the molecule is CCOC(=O)c1ccc(NCS(=O)O)cc1. The molecule has 0 amide bonds. The topological polar surface area (TPSA) is 75.6 Å². The van der Waals surface area contributed by atoms with Crippen LogP contribution in [0.15, 0.2) is 24.3 Å². The average Bonchev–Trinajstić information content (AvgIpc) is 2.27. The van der Waals surface area contributed by atoms with E-state index in [1.807, 2.05) is 0 Å². The number of benzene rings is 1. The molecule has 2 N–H and O–H groups in total. The van der Waals surface area contributed by atoms with Gasteiger partial charge in [0.15, 0.2) is 11.1 Å². The van der Waals surface area contributed by atoms with Crippen LogP contribution in [0.5, 0.6) is 0 Å². The lowest BCUT2D eigenvalue weighted by atomic mass is 10.2. The van der Waals surface area contributed by atoms with Gasteiger partial charge in [-0.1, -0.05) is 0 Å². The highest BCUT2D eigenvalue weighted by Gasteiger charge is 2.05. The Morgan fingerprint density at radius 2 is 2.06 bits per heavy atom. The van der Waals surface area contributed by atoms with Crippen LogP contribution in [0.2, 0.25) is 0 Å². The van der Waals surface area contributed by atoms with Crippen molar-refractivity contribution >= 4 is 22.7 Å². The number of carbonyl (C=O) groups is 1. The van der Waals surface area contributed by atoms with Gasteiger partial charge in [-0.3, -0.25) is 0 Å². The monoisotopic (exact) mass is 243 g/mol. The maximum atomic E-state index is 11.3. The molecule has 0 heterocycles. The van der Waals surface area contributed by atoms with Crippen LogP contribution in [0.25, 0.3) is 0 Å². The van der Waals surface area contributed by atoms with E-state index in [1.54, 1.807) is 31.2 Å². The molecule has 5 nitrogen and oxygen atoms in total. The highest BCUT2D eigenvalue weighted by molar-refractivity contribution is 7.79. The minimum absolute atomic E-state index is 0.0429. The molecule has 88 valence electrons. The molecular weight excluding hydrogens is 230 g/mol. The van der Waals surface area contributed by atoms with Crippen molar-refractivity contribution in [2.75, 3.05) is 17.8 Å². The van der Waals surface area contributed by atoms with Crippen molar-refractivity contribution in [3.8, 4) is 0 Å². The minimum Gasteiger partial charge on any atom is -0.462 e. The summed E-state index contributed by atoms with van der Waals surface area (Å²) in [5.41, 5.74) is 1.13. The third-order valence-electron chi connectivity index (χ3n) is 1.80. The number of anilines is 1. The van der Waals surface area contributed by atoms with E-state index in [0.29, 0.717) is 17.9 Å². The molecule has 0 saturated carbocycles. The van der Waals surface area contributed by atoms with Crippen molar-refractivity contribution in [3.05, 3.63) is 29.8 Å². The molecule has 0 aliphatic rings. The van der Waals surface area contributed by atoms with Crippen molar-refractivity contribution in [2.24, 2.45) is 0 Å². The quantitative estimate of drug-likeness (QED) is 0.604. The van der Waals surface area contributed by atoms with E-state index in [9.17, 15) is 9.00 Å². The van der Waals surface area contributed by atoms with Crippen LogP contribution < -0.4 is 5.32 Å². The summed E-state index contributed by atoms with van der Waals surface area (Å²) in [6.07, 6.45) is 0. The Morgan fingerprint density at radius 1 is 1.44 bits per heavy atom. The number of esters is 1. The zero-order valence-corrected chi connectivity index (χ0v) is 9.62. The number of hydrogen-bond donors (Lipinski definition) is 2. The van der Waals surface area contributed by atoms with Crippen LogP contribution in [0.1, 0.15) is 17.3 Å². The summed E-state index contributed by atoms with van der Waals surface area (Å²) >= 11 is -1.89. The van der Waals surface area contributed by atoms with Crippen molar-refractivity contribution in [2.45, 2.75) is 6.92 Å². The predicted octanol–water partition coefficient (Wildman–Crippen LogP) is 1.45. The second kappa shape index (κ2) is 6.24. The second-order valence-electron chi connectivity index (χ2n) is 2.94. The predicted molar refractivity (Wildman–Crippen MR) is 61.7 cm³/mol. The number of rotatable bonds is 5. The lowest BCUT2D eigenvalue weighted by Gasteiger charge is -2.05. The van der Waals surface area contributed by atoms with E-state index in [4.69, 9.17) is 9.29 Å². The fraction of sp³-hybridized carbons (Fsp3) is 0.300. The Hall–Kier alpha value is -1.40. The smallest absolute Gasteiger partial charge is 0.338 e. The summed E-state index contributed by atoms with van der Waals surface area (Å²) in [6.45, 7) is 2.08. The summed E-state index contributed by atoms with van der Waals surface area (Å²) in [4.78, 5) is 11.3. The first kappa shape index (κ1) is 12.7. The van der Waals surface area contributed by atoms with Gasteiger partial charge in [0.05, 0.1) is 12.2 Å². The molecule has 6 heteroatoms. The first-order valence-electron chi connectivity index (χ1n) is 4.72. The molecule has 1 rings (SSSR count). The molecule has 0 saturated heterocycles. The van der Waals surface area contributed by atoms with Crippen LogP contribution in [0.4, 0.5) is 5.69 Å². The molecule has 0 fully saturated rings. The van der Waals surface area contributed by atoms with E-state index in [1.165, 1.54) is 0 Å². The Balaban J connectivity index is 2.60. The van der Waals surface area contributed by atoms with Crippen molar-refractivity contribution in [1.29, 1.82) is 0 Å². The summed E-state index contributed by atoms with van der Waals surface area (Å²) in [5, 5.41) is 2.74. The van der Waals surface area contributed by atoms with Crippen molar-refractivity contribution in [3.63, 3.8) is 0 Å². The van der Waals surface area contributed by atoms with Crippen LogP contribution >= 0.6 is 0 Å². The molecule has 16 heavy (non-hydrogen) atoms. The molecule has 0 bridgehead atoms. The van der Waals surface area contributed by atoms with E-state index in [0.717, 1.165) is 0 Å². The van der Waals surface area contributed by atoms with Gasteiger partial charge >= 0.3 is 5.97 Å². The van der Waals surface area contributed by atoms with Crippen LogP contribution in [0, 0.1) is 0 Å². The van der Waals surface area contributed by atoms with Crippen LogP contribution in [-0.2, 0) is 15.8 Å². The molecule has 0 aromatic heterocycles. The van der Waals surface area contributed by atoms with E-state index >= 15 is 0 Å². The van der Waals surface area contributed by atoms with Crippen molar-refractivity contribution < 1.29 is 18.3 Å². The first-order chi connectivity index (χ1) is 7.63. The highest BCUT2D eigenvalue weighted by atomic mass is 32.2. The summed E-state index contributed by atoms with van der Waals surface area (Å²) in [6, 6.07) is 6.50. The third-order valence-corrected chi connectivity index (χ3v) is 2.19. The van der Waals surface area contributed by atoms with Gasteiger partial charge in [0.1, 0.15) is 5.88 Å². The maximum Gasteiger partial charge on any atom is 0.338 e. The highest BCUT2D eigenvalue weighted by Crippen LogP contribution is 2.10. The summed E-state index contributed by atoms with van der Waals surface area (Å²) in [5.74, 6) is -0.418. The number of nitrogens with one attached hydrogen (secondary N) is 1. The van der Waals surface area contributed by atoms with E-state index in [2.05, 4.69) is 5.32 Å². The Labute approximate surface area is 96.1 Å². The third kappa shape index (κ3) is 4.00. The maximum absolute atomic E-state index is 11.3. The minimum atomic E-state index is -1.89. The van der Waals surface area contributed by atoms with Gasteiger partial charge < -0.3 is 14.6 Å². The Bertz CT molecular complexity index is 377. The molecule has 1 unspecified atom stereocenters. The number of ether oxygens (including phenoxy) is 1. The van der Waals surface area contributed by atoms with Crippen LogP contribution in [-0.4, -0.2) is 27.2 Å². The van der Waals surface area contributed by atoms with E-state index in [-0.39, 0.29) is 11.8 Å². The zero-order chi connectivity index (χ0) is 12.0. The average molecular weight is 243 g/mol.